The molecule has 0 amide bonds. The van der Waals surface area contributed by atoms with Gasteiger partial charge in [0.25, 0.3) is 0 Å². The normalized spacial score (nSPS) is 10.6. The smallest absolute Gasteiger partial charge is 0.131 e. The van der Waals surface area contributed by atoms with Crippen molar-refractivity contribution in [1.82, 2.24) is 15.0 Å². The number of nitrogens with zero attached hydrogens (tertiary/aromatic N) is 3. The molecule has 0 saturated heterocycles. The van der Waals surface area contributed by atoms with E-state index in [2.05, 4.69) is 15.0 Å². The van der Waals surface area contributed by atoms with Gasteiger partial charge in [-0.05, 0) is 17.5 Å². The molecule has 2 aromatic heterocycles. The van der Waals surface area contributed by atoms with Crippen molar-refractivity contribution in [3.63, 3.8) is 0 Å². The van der Waals surface area contributed by atoms with Crippen molar-refractivity contribution in [3.8, 4) is 11.3 Å². The van der Waals surface area contributed by atoms with Crippen LogP contribution in [0.15, 0.2) is 49.1 Å². The van der Waals surface area contributed by atoms with Crippen LogP contribution in [-0.2, 0) is 0 Å². The van der Waals surface area contributed by atoms with Gasteiger partial charge >= 0.3 is 0 Å². The van der Waals surface area contributed by atoms with Crippen LogP contribution in [0.3, 0.4) is 0 Å². The van der Waals surface area contributed by atoms with Crippen molar-refractivity contribution in [2.24, 2.45) is 0 Å². The van der Waals surface area contributed by atoms with E-state index in [9.17, 15) is 0 Å². The summed E-state index contributed by atoms with van der Waals surface area (Å²) in [5.41, 5.74) is 7.68. The molecule has 0 fully saturated rings. The number of aromatic nitrogens is 3. The standard InChI is InChI=1S/C13H10N4/c14-13-11-2-1-10(7-9(11)3-4-17-13)12-8-15-5-6-16-12/h1-8H,(H2,14,17). The number of rotatable bonds is 1. The van der Waals surface area contributed by atoms with Crippen molar-refractivity contribution in [2.45, 2.75) is 0 Å². The van der Waals surface area contributed by atoms with Crippen LogP contribution in [0.1, 0.15) is 0 Å². The molecule has 0 radical (unpaired) electrons. The number of pyridine rings is 1. The van der Waals surface area contributed by atoms with Crippen molar-refractivity contribution >= 4 is 16.6 Å². The predicted molar refractivity (Wildman–Crippen MR) is 67.2 cm³/mol. The molecule has 0 atom stereocenters. The quantitative estimate of drug-likeness (QED) is 0.686. The van der Waals surface area contributed by atoms with Crippen LogP contribution in [0.5, 0.6) is 0 Å². The van der Waals surface area contributed by atoms with Gasteiger partial charge in [0, 0.05) is 29.5 Å². The largest absolute Gasteiger partial charge is 0.383 e. The number of anilines is 1. The van der Waals surface area contributed by atoms with E-state index < -0.39 is 0 Å². The molecule has 0 aliphatic rings. The molecule has 3 aromatic rings. The third kappa shape index (κ3) is 1.69. The Morgan fingerprint density at radius 1 is 0.941 bits per heavy atom. The van der Waals surface area contributed by atoms with Gasteiger partial charge in [0.2, 0.25) is 0 Å². The van der Waals surface area contributed by atoms with Gasteiger partial charge in [-0.1, -0.05) is 12.1 Å². The Hall–Kier alpha value is -2.49. The lowest BCUT2D eigenvalue weighted by atomic mass is 10.1. The molecule has 2 heterocycles. The molecule has 4 nitrogen and oxygen atoms in total. The second kappa shape index (κ2) is 3.83. The summed E-state index contributed by atoms with van der Waals surface area (Å²) >= 11 is 0. The van der Waals surface area contributed by atoms with E-state index in [1.807, 2.05) is 24.3 Å². The molecular weight excluding hydrogens is 212 g/mol. The number of benzene rings is 1. The number of nitrogen functional groups attached to an aromatic ring is 1. The highest BCUT2D eigenvalue weighted by atomic mass is 14.8. The summed E-state index contributed by atoms with van der Waals surface area (Å²) < 4.78 is 0. The highest BCUT2D eigenvalue weighted by molar-refractivity contribution is 5.93. The molecule has 0 spiro atoms. The van der Waals surface area contributed by atoms with Gasteiger partial charge in [-0.15, -0.1) is 0 Å². The maximum absolute atomic E-state index is 5.81. The summed E-state index contributed by atoms with van der Waals surface area (Å²) in [7, 11) is 0. The molecule has 3 rings (SSSR count). The Labute approximate surface area is 98.2 Å². The van der Waals surface area contributed by atoms with Crippen LogP contribution in [0, 0.1) is 0 Å². The SMILES string of the molecule is Nc1nccc2cc(-c3cnccn3)ccc12. The van der Waals surface area contributed by atoms with Crippen molar-refractivity contribution in [1.29, 1.82) is 0 Å². The Balaban J connectivity index is 2.21. The van der Waals surface area contributed by atoms with Gasteiger partial charge in [0.15, 0.2) is 0 Å². The topological polar surface area (TPSA) is 64.7 Å². The first-order valence-corrected chi connectivity index (χ1v) is 5.25. The molecule has 82 valence electrons. The highest BCUT2D eigenvalue weighted by Gasteiger charge is 2.02. The van der Waals surface area contributed by atoms with E-state index in [0.717, 1.165) is 22.0 Å². The lowest BCUT2D eigenvalue weighted by Crippen LogP contribution is -1.91. The van der Waals surface area contributed by atoms with Gasteiger partial charge in [0.1, 0.15) is 5.82 Å². The molecule has 0 bridgehead atoms. The molecule has 0 aliphatic heterocycles. The molecule has 2 N–H and O–H groups in total. The molecule has 0 unspecified atom stereocenters. The number of hydrogen-bond donors (Lipinski definition) is 1. The minimum absolute atomic E-state index is 0.549. The van der Waals surface area contributed by atoms with Crippen molar-refractivity contribution in [3.05, 3.63) is 49.1 Å². The van der Waals surface area contributed by atoms with E-state index in [0.29, 0.717) is 5.82 Å². The van der Waals surface area contributed by atoms with E-state index in [1.54, 1.807) is 24.8 Å². The fourth-order valence-corrected chi connectivity index (χ4v) is 1.81. The van der Waals surface area contributed by atoms with Crippen molar-refractivity contribution in [2.75, 3.05) is 5.73 Å². The van der Waals surface area contributed by atoms with Crippen LogP contribution in [-0.4, -0.2) is 15.0 Å². The summed E-state index contributed by atoms with van der Waals surface area (Å²) in [6.07, 6.45) is 6.79. The predicted octanol–water partition coefficient (Wildman–Crippen LogP) is 2.27. The first-order chi connectivity index (χ1) is 8.34. The van der Waals surface area contributed by atoms with Crippen LogP contribution < -0.4 is 5.73 Å². The summed E-state index contributed by atoms with van der Waals surface area (Å²) in [5.74, 6) is 0.549. The Bertz CT molecular complexity index is 665. The molecule has 0 aliphatic carbocycles. The summed E-state index contributed by atoms with van der Waals surface area (Å²) in [5, 5.41) is 2.01. The minimum atomic E-state index is 0.549. The zero-order valence-corrected chi connectivity index (χ0v) is 9.04. The van der Waals surface area contributed by atoms with Gasteiger partial charge in [-0.25, -0.2) is 4.98 Å². The lowest BCUT2D eigenvalue weighted by Gasteiger charge is -2.04. The summed E-state index contributed by atoms with van der Waals surface area (Å²) in [6.45, 7) is 0. The summed E-state index contributed by atoms with van der Waals surface area (Å²) in [4.78, 5) is 12.4. The Morgan fingerprint density at radius 3 is 2.71 bits per heavy atom. The first kappa shape index (κ1) is 9.72. The average molecular weight is 222 g/mol. The third-order valence-electron chi connectivity index (χ3n) is 2.65. The Kier molecular flexibility index (Phi) is 2.19. The van der Waals surface area contributed by atoms with Gasteiger partial charge < -0.3 is 5.73 Å². The monoisotopic (exact) mass is 222 g/mol. The van der Waals surface area contributed by atoms with Crippen LogP contribution in [0.4, 0.5) is 5.82 Å². The van der Waals surface area contributed by atoms with E-state index in [-0.39, 0.29) is 0 Å². The molecule has 1 aromatic carbocycles. The number of fused-ring (bicyclic) bond motifs is 1. The lowest BCUT2D eigenvalue weighted by molar-refractivity contribution is 1.21. The van der Waals surface area contributed by atoms with Crippen LogP contribution in [0.25, 0.3) is 22.0 Å². The van der Waals surface area contributed by atoms with Gasteiger partial charge in [-0.2, -0.15) is 0 Å². The van der Waals surface area contributed by atoms with Crippen LogP contribution in [0.2, 0.25) is 0 Å². The zero-order chi connectivity index (χ0) is 11.7. The summed E-state index contributed by atoms with van der Waals surface area (Å²) in [6, 6.07) is 7.91. The van der Waals surface area contributed by atoms with Crippen molar-refractivity contribution < 1.29 is 0 Å². The highest BCUT2D eigenvalue weighted by Crippen LogP contribution is 2.24. The molecule has 4 heteroatoms. The zero-order valence-electron chi connectivity index (χ0n) is 9.04. The fourth-order valence-electron chi connectivity index (χ4n) is 1.81. The average Bonchev–Trinajstić information content (AvgIpc) is 2.40. The molecule has 17 heavy (non-hydrogen) atoms. The maximum atomic E-state index is 5.81. The van der Waals surface area contributed by atoms with E-state index >= 15 is 0 Å². The van der Waals surface area contributed by atoms with Crippen LogP contribution >= 0.6 is 0 Å². The number of hydrogen-bond acceptors (Lipinski definition) is 4. The van der Waals surface area contributed by atoms with E-state index in [4.69, 9.17) is 5.73 Å². The van der Waals surface area contributed by atoms with E-state index in [1.165, 1.54) is 0 Å². The molecular formula is C13H10N4. The maximum Gasteiger partial charge on any atom is 0.131 e. The molecule has 0 saturated carbocycles. The fraction of sp³-hybridized carbons (Fsp3) is 0. The van der Waals surface area contributed by atoms with Gasteiger partial charge in [0.05, 0.1) is 11.9 Å². The number of nitrogens with two attached hydrogens (primary N) is 1. The second-order valence-electron chi connectivity index (χ2n) is 3.72. The first-order valence-electron chi connectivity index (χ1n) is 5.25. The van der Waals surface area contributed by atoms with Gasteiger partial charge in [-0.3, -0.25) is 9.97 Å². The third-order valence-corrected chi connectivity index (χ3v) is 2.65. The Morgan fingerprint density at radius 2 is 1.88 bits per heavy atom. The minimum Gasteiger partial charge on any atom is -0.383 e. The second-order valence-corrected chi connectivity index (χ2v) is 3.72.